The summed E-state index contributed by atoms with van der Waals surface area (Å²) in [5.74, 6) is 1.76. The highest BCUT2D eigenvalue weighted by molar-refractivity contribution is 6.30. The van der Waals surface area contributed by atoms with Crippen molar-refractivity contribution >= 4 is 23.3 Å². The van der Waals surface area contributed by atoms with Gasteiger partial charge in [0.15, 0.2) is 5.82 Å². The summed E-state index contributed by atoms with van der Waals surface area (Å²) in [4.78, 5) is 30.4. The Hall–Kier alpha value is -2.99. The minimum Gasteiger partial charge on any atom is -0.353 e. The van der Waals surface area contributed by atoms with Gasteiger partial charge in [0.05, 0.1) is 6.42 Å². The summed E-state index contributed by atoms with van der Waals surface area (Å²) in [6, 6.07) is 13.4. The number of anilines is 1. The molecular weight excluding hydrogens is 398 g/mol. The molecule has 1 fully saturated rings. The lowest BCUT2D eigenvalue weighted by atomic mass is 10.1. The van der Waals surface area contributed by atoms with Gasteiger partial charge < -0.3 is 9.80 Å². The van der Waals surface area contributed by atoms with E-state index in [0.29, 0.717) is 30.4 Å². The molecule has 1 aromatic carbocycles. The number of nitrogens with zero attached hydrogens (tertiary/aromatic N) is 5. The number of carbonyl (C=O) groups excluding carboxylic acids is 1. The molecular formula is C23H24ClN5O. The predicted octanol–water partition coefficient (Wildman–Crippen LogP) is 3.65. The zero-order valence-corrected chi connectivity index (χ0v) is 17.7. The molecule has 1 saturated heterocycles. The molecule has 1 aliphatic rings. The smallest absolute Gasteiger partial charge is 0.227 e. The van der Waals surface area contributed by atoms with E-state index in [1.807, 2.05) is 47.4 Å². The van der Waals surface area contributed by atoms with Crippen molar-refractivity contribution < 1.29 is 4.79 Å². The first-order chi connectivity index (χ1) is 14.6. The average Bonchev–Trinajstić information content (AvgIpc) is 2.79. The standard InChI is InChI=1S/C23H24ClN5O/c1-2-20-16-21(27-23(26-20)18-6-8-25-9-7-18)28-10-12-29(13-11-28)22(30)15-17-4-3-5-19(24)14-17/h3-9,14,16H,2,10-13,15H2,1H3. The van der Waals surface area contributed by atoms with E-state index in [0.717, 1.165) is 42.1 Å². The van der Waals surface area contributed by atoms with Crippen molar-refractivity contribution in [3.8, 4) is 11.4 Å². The maximum absolute atomic E-state index is 12.7. The van der Waals surface area contributed by atoms with Crippen LogP contribution in [0.5, 0.6) is 0 Å². The molecule has 0 aliphatic carbocycles. The molecule has 1 aliphatic heterocycles. The average molecular weight is 422 g/mol. The Morgan fingerprint density at radius 2 is 1.80 bits per heavy atom. The first kappa shape index (κ1) is 20.3. The molecule has 2 aromatic heterocycles. The van der Waals surface area contributed by atoms with Crippen LogP contribution in [0.3, 0.4) is 0 Å². The second kappa shape index (κ2) is 9.22. The van der Waals surface area contributed by atoms with Gasteiger partial charge in [0.25, 0.3) is 0 Å². The van der Waals surface area contributed by atoms with Crippen molar-refractivity contribution in [2.24, 2.45) is 0 Å². The number of piperazine rings is 1. The maximum Gasteiger partial charge on any atom is 0.227 e. The summed E-state index contributed by atoms with van der Waals surface area (Å²) in [7, 11) is 0. The van der Waals surface area contributed by atoms with E-state index in [9.17, 15) is 4.79 Å². The van der Waals surface area contributed by atoms with E-state index in [1.54, 1.807) is 12.4 Å². The lowest BCUT2D eigenvalue weighted by molar-refractivity contribution is -0.130. The Morgan fingerprint density at radius 1 is 1.03 bits per heavy atom. The van der Waals surface area contributed by atoms with Crippen molar-refractivity contribution in [2.75, 3.05) is 31.1 Å². The van der Waals surface area contributed by atoms with Gasteiger partial charge in [0.1, 0.15) is 5.82 Å². The fourth-order valence-electron chi connectivity index (χ4n) is 3.57. The van der Waals surface area contributed by atoms with Crippen molar-refractivity contribution in [3.63, 3.8) is 0 Å². The third kappa shape index (κ3) is 4.76. The summed E-state index contributed by atoms with van der Waals surface area (Å²) in [5, 5.41) is 0.658. The van der Waals surface area contributed by atoms with Crippen LogP contribution in [0.4, 0.5) is 5.82 Å². The van der Waals surface area contributed by atoms with E-state index in [1.165, 1.54) is 0 Å². The first-order valence-corrected chi connectivity index (χ1v) is 10.6. The number of rotatable bonds is 5. The third-order valence-electron chi connectivity index (χ3n) is 5.27. The molecule has 3 aromatic rings. The summed E-state index contributed by atoms with van der Waals surface area (Å²) in [6.07, 6.45) is 4.72. The molecule has 1 amide bonds. The summed E-state index contributed by atoms with van der Waals surface area (Å²) >= 11 is 6.04. The Balaban J connectivity index is 1.44. The van der Waals surface area contributed by atoms with E-state index >= 15 is 0 Å². The molecule has 0 bridgehead atoms. The second-order valence-corrected chi connectivity index (χ2v) is 7.74. The number of hydrogen-bond donors (Lipinski definition) is 0. The van der Waals surface area contributed by atoms with Crippen molar-refractivity contribution in [2.45, 2.75) is 19.8 Å². The monoisotopic (exact) mass is 421 g/mol. The molecule has 0 N–H and O–H groups in total. The molecule has 0 saturated carbocycles. The molecule has 4 rings (SSSR count). The van der Waals surface area contributed by atoms with Crippen molar-refractivity contribution in [3.05, 3.63) is 71.1 Å². The minimum atomic E-state index is 0.131. The number of benzene rings is 1. The SMILES string of the molecule is CCc1cc(N2CCN(C(=O)Cc3cccc(Cl)c3)CC2)nc(-c2ccncc2)n1. The van der Waals surface area contributed by atoms with Gasteiger partial charge in [-0.1, -0.05) is 30.7 Å². The van der Waals surface area contributed by atoms with Gasteiger partial charge >= 0.3 is 0 Å². The van der Waals surface area contributed by atoms with Crippen LogP contribution in [0.2, 0.25) is 5.02 Å². The Labute approximate surface area is 181 Å². The molecule has 154 valence electrons. The van der Waals surface area contributed by atoms with Crippen LogP contribution in [0.1, 0.15) is 18.2 Å². The Morgan fingerprint density at radius 3 is 2.50 bits per heavy atom. The fourth-order valence-corrected chi connectivity index (χ4v) is 3.79. The molecule has 0 unspecified atom stereocenters. The Bertz CT molecular complexity index is 1020. The highest BCUT2D eigenvalue weighted by Gasteiger charge is 2.23. The number of amides is 1. The predicted molar refractivity (Wildman–Crippen MR) is 119 cm³/mol. The number of pyridine rings is 1. The van der Waals surface area contributed by atoms with Crippen molar-refractivity contribution in [1.29, 1.82) is 0 Å². The van der Waals surface area contributed by atoms with Crippen molar-refractivity contribution in [1.82, 2.24) is 19.9 Å². The van der Waals surface area contributed by atoms with Crippen LogP contribution in [0.25, 0.3) is 11.4 Å². The van der Waals surface area contributed by atoms with Gasteiger partial charge in [-0.15, -0.1) is 0 Å². The van der Waals surface area contributed by atoms with Crippen LogP contribution < -0.4 is 4.90 Å². The van der Waals surface area contributed by atoms with Gasteiger partial charge in [-0.3, -0.25) is 9.78 Å². The van der Waals surface area contributed by atoms with Gasteiger partial charge in [0.2, 0.25) is 5.91 Å². The fraction of sp³-hybridized carbons (Fsp3) is 0.304. The van der Waals surface area contributed by atoms with E-state index in [2.05, 4.69) is 21.8 Å². The highest BCUT2D eigenvalue weighted by Crippen LogP contribution is 2.21. The van der Waals surface area contributed by atoms with Crippen LogP contribution in [0, 0.1) is 0 Å². The maximum atomic E-state index is 12.7. The van der Waals surface area contributed by atoms with E-state index < -0.39 is 0 Å². The van der Waals surface area contributed by atoms with E-state index in [4.69, 9.17) is 16.6 Å². The number of halogens is 1. The van der Waals surface area contributed by atoms with Crippen LogP contribution >= 0.6 is 11.6 Å². The topological polar surface area (TPSA) is 62.2 Å². The van der Waals surface area contributed by atoms with Gasteiger partial charge in [-0.2, -0.15) is 0 Å². The lowest BCUT2D eigenvalue weighted by Gasteiger charge is -2.35. The van der Waals surface area contributed by atoms with Gasteiger partial charge in [0, 0.05) is 60.9 Å². The van der Waals surface area contributed by atoms with Gasteiger partial charge in [-0.05, 0) is 36.2 Å². The largest absolute Gasteiger partial charge is 0.353 e. The van der Waals surface area contributed by atoms with E-state index in [-0.39, 0.29) is 5.91 Å². The van der Waals surface area contributed by atoms with Crippen LogP contribution in [-0.4, -0.2) is 51.9 Å². The molecule has 0 spiro atoms. The minimum absolute atomic E-state index is 0.131. The summed E-state index contributed by atoms with van der Waals surface area (Å²) < 4.78 is 0. The highest BCUT2D eigenvalue weighted by atomic mass is 35.5. The zero-order valence-electron chi connectivity index (χ0n) is 17.0. The quantitative estimate of drug-likeness (QED) is 0.629. The number of carbonyl (C=O) groups is 1. The number of aryl methyl sites for hydroxylation is 1. The zero-order chi connectivity index (χ0) is 20.9. The number of hydrogen-bond acceptors (Lipinski definition) is 5. The Kier molecular flexibility index (Phi) is 6.23. The number of aromatic nitrogens is 3. The third-order valence-corrected chi connectivity index (χ3v) is 5.50. The molecule has 6 nitrogen and oxygen atoms in total. The second-order valence-electron chi connectivity index (χ2n) is 7.31. The molecule has 3 heterocycles. The summed E-state index contributed by atoms with van der Waals surface area (Å²) in [6.45, 7) is 4.94. The normalized spacial score (nSPS) is 14.1. The first-order valence-electron chi connectivity index (χ1n) is 10.2. The summed E-state index contributed by atoms with van der Waals surface area (Å²) in [5.41, 5.74) is 2.91. The van der Waals surface area contributed by atoms with Gasteiger partial charge in [-0.25, -0.2) is 9.97 Å². The lowest BCUT2D eigenvalue weighted by Crippen LogP contribution is -2.49. The molecule has 30 heavy (non-hydrogen) atoms. The molecule has 0 radical (unpaired) electrons. The molecule has 7 heteroatoms. The van der Waals surface area contributed by atoms with Crippen LogP contribution in [0.15, 0.2) is 54.9 Å². The van der Waals surface area contributed by atoms with Crippen LogP contribution in [-0.2, 0) is 17.6 Å². The molecule has 0 atom stereocenters.